The minimum absolute atomic E-state index is 0.149. The molecule has 2 aliphatic heterocycles. The molecule has 0 aliphatic carbocycles. The van der Waals surface area contributed by atoms with Crippen LogP contribution in [0.5, 0.6) is 0 Å². The highest BCUT2D eigenvalue weighted by Gasteiger charge is 2.63. The van der Waals surface area contributed by atoms with Crippen LogP contribution in [0.3, 0.4) is 0 Å². The molecule has 4 N–H and O–H groups in total. The summed E-state index contributed by atoms with van der Waals surface area (Å²) in [6.45, 7) is 8.33. The molecule has 2 aromatic rings. The number of thioether (sulfide) groups is 2. The summed E-state index contributed by atoms with van der Waals surface area (Å²) in [7, 11) is 0. The van der Waals surface area contributed by atoms with E-state index in [2.05, 4.69) is 39.8 Å². The number of hydrogen-bond acceptors (Lipinski definition) is 8. The van der Waals surface area contributed by atoms with Crippen LogP contribution in [0, 0.1) is 0 Å². The Balaban J connectivity index is 1.43. The largest absolute Gasteiger partial charge is 0.340 e. The number of hydrogen-bond donors (Lipinski definition) is 3. The van der Waals surface area contributed by atoms with Crippen LogP contribution in [0.1, 0.15) is 51.2 Å². The summed E-state index contributed by atoms with van der Waals surface area (Å²) in [5.41, 5.74) is 6.89. The number of nitrogens with zero attached hydrogens (tertiary/aromatic N) is 4. The molecule has 2 fully saturated rings. The predicted octanol–water partition coefficient (Wildman–Crippen LogP) is 1.62. The lowest BCUT2D eigenvalue weighted by molar-refractivity contribution is -0.152. The van der Waals surface area contributed by atoms with Crippen LogP contribution in [0.2, 0.25) is 0 Å². The standard InChI is InChI=1S/C19H25N7O2S2/c1-9(2)29-11-7-5-10(6-8-11)12(20)16(27)21-13-17(28)26-14(15-22-24-25-23-15)19(3,4)30-18(13)26/h5-9,12-14,18H,20H2,1-4H3,(H,21,27)(H,22,23,24,25)/t12?,13?,14?,18-/m1/s1. The third-order valence-electron chi connectivity index (χ3n) is 5.25. The molecular formula is C19H25N7O2S2. The Hall–Kier alpha value is -2.11. The van der Waals surface area contributed by atoms with Crippen LogP contribution in [0.4, 0.5) is 0 Å². The Morgan fingerprint density at radius 3 is 2.63 bits per heavy atom. The van der Waals surface area contributed by atoms with Gasteiger partial charge in [-0.1, -0.05) is 26.0 Å². The molecule has 2 saturated heterocycles. The first-order valence-electron chi connectivity index (χ1n) is 9.75. The Morgan fingerprint density at radius 1 is 1.33 bits per heavy atom. The molecular weight excluding hydrogens is 422 g/mol. The van der Waals surface area contributed by atoms with Crippen LogP contribution in [-0.2, 0) is 9.59 Å². The van der Waals surface area contributed by atoms with Crippen LogP contribution < -0.4 is 11.1 Å². The summed E-state index contributed by atoms with van der Waals surface area (Å²) in [6, 6.07) is 5.95. The summed E-state index contributed by atoms with van der Waals surface area (Å²) < 4.78 is -0.299. The number of fused-ring (bicyclic) bond motifs is 1. The molecule has 0 spiro atoms. The number of amides is 2. The van der Waals surface area contributed by atoms with E-state index in [0.717, 1.165) is 4.90 Å². The van der Waals surface area contributed by atoms with Gasteiger partial charge >= 0.3 is 0 Å². The number of carbonyl (C=O) groups excluding carboxylic acids is 2. The molecule has 3 heterocycles. The second-order valence-corrected chi connectivity index (χ2v) is 11.7. The maximum atomic E-state index is 12.9. The maximum Gasteiger partial charge on any atom is 0.249 e. The quantitative estimate of drug-likeness (QED) is 0.450. The third-order valence-corrected chi connectivity index (χ3v) is 7.84. The van der Waals surface area contributed by atoms with Crippen molar-refractivity contribution in [2.45, 2.75) is 66.1 Å². The van der Waals surface area contributed by atoms with Gasteiger partial charge in [-0.2, -0.15) is 0 Å². The normalized spacial score (nSPS) is 25.7. The van der Waals surface area contributed by atoms with E-state index in [1.165, 1.54) is 0 Å². The van der Waals surface area contributed by atoms with Gasteiger partial charge in [0.05, 0.1) is 0 Å². The molecule has 2 amide bonds. The van der Waals surface area contributed by atoms with Gasteiger partial charge in [-0.3, -0.25) is 9.59 Å². The number of nitrogens with two attached hydrogens (primary N) is 1. The van der Waals surface area contributed by atoms with Crippen molar-refractivity contribution in [1.29, 1.82) is 0 Å². The first kappa shape index (κ1) is 21.1. The molecule has 0 saturated carbocycles. The zero-order chi connectivity index (χ0) is 21.6. The molecule has 1 aromatic carbocycles. The van der Waals surface area contributed by atoms with Crippen LogP contribution in [0.15, 0.2) is 29.2 Å². The second-order valence-electron chi connectivity index (χ2n) is 8.25. The smallest absolute Gasteiger partial charge is 0.249 e. The molecule has 2 aliphatic rings. The van der Waals surface area contributed by atoms with Gasteiger partial charge in [0, 0.05) is 14.9 Å². The first-order valence-corrected chi connectivity index (χ1v) is 11.5. The van der Waals surface area contributed by atoms with E-state index in [0.29, 0.717) is 16.6 Å². The van der Waals surface area contributed by atoms with Crippen molar-refractivity contribution in [2.75, 3.05) is 0 Å². The monoisotopic (exact) mass is 447 g/mol. The SMILES string of the molecule is CC(C)Sc1ccc(C(N)C(=O)NC2C(=O)N3C(c4nnn[nH]4)C(C)(C)S[C@H]23)cc1. The zero-order valence-corrected chi connectivity index (χ0v) is 18.8. The third kappa shape index (κ3) is 3.69. The molecule has 4 rings (SSSR count). The van der Waals surface area contributed by atoms with Crippen molar-refractivity contribution in [1.82, 2.24) is 30.8 Å². The van der Waals surface area contributed by atoms with Gasteiger partial charge in [0.25, 0.3) is 0 Å². The first-order chi connectivity index (χ1) is 14.2. The van der Waals surface area contributed by atoms with Gasteiger partial charge in [0.15, 0.2) is 5.82 Å². The number of nitrogens with one attached hydrogen (secondary N) is 2. The summed E-state index contributed by atoms with van der Waals surface area (Å²) in [4.78, 5) is 28.5. The van der Waals surface area contributed by atoms with Crippen molar-refractivity contribution in [3.05, 3.63) is 35.7 Å². The lowest BCUT2D eigenvalue weighted by atomic mass is 9.95. The number of benzene rings is 1. The number of rotatable bonds is 6. The minimum atomic E-state index is -0.835. The van der Waals surface area contributed by atoms with E-state index in [1.54, 1.807) is 28.4 Å². The van der Waals surface area contributed by atoms with Crippen LogP contribution in [-0.4, -0.2) is 58.8 Å². The summed E-state index contributed by atoms with van der Waals surface area (Å²) in [6.07, 6.45) is 0. The Labute approximate surface area is 183 Å². The molecule has 4 atom stereocenters. The molecule has 1 aromatic heterocycles. The molecule has 11 heteroatoms. The fourth-order valence-electron chi connectivity index (χ4n) is 3.89. The highest BCUT2D eigenvalue weighted by Crippen LogP contribution is 2.56. The molecule has 160 valence electrons. The van der Waals surface area contributed by atoms with E-state index < -0.39 is 12.1 Å². The van der Waals surface area contributed by atoms with Crippen molar-refractivity contribution < 1.29 is 9.59 Å². The van der Waals surface area contributed by atoms with Gasteiger partial charge in [-0.25, -0.2) is 5.10 Å². The maximum absolute atomic E-state index is 12.9. The van der Waals surface area contributed by atoms with Gasteiger partial charge in [0.1, 0.15) is 23.5 Å². The number of aromatic amines is 1. The van der Waals surface area contributed by atoms with Crippen molar-refractivity contribution in [3.63, 3.8) is 0 Å². The second kappa shape index (κ2) is 7.86. The summed E-state index contributed by atoms with van der Waals surface area (Å²) in [5.74, 6) is 0.0355. The Bertz CT molecular complexity index is 933. The lowest BCUT2D eigenvalue weighted by Crippen LogP contribution is -2.68. The van der Waals surface area contributed by atoms with Gasteiger partial charge in [-0.05, 0) is 42.0 Å². The fourth-order valence-corrected chi connectivity index (χ4v) is 6.37. The van der Waals surface area contributed by atoms with Gasteiger partial charge in [-0.15, -0.1) is 28.6 Å². The number of β-lactam (4-membered cyclic amide) rings is 1. The molecule has 9 nitrogen and oxygen atoms in total. The number of aromatic nitrogens is 4. The summed E-state index contributed by atoms with van der Waals surface area (Å²) >= 11 is 3.37. The molecule has 30 heavy (non-hydrogen) atoms. The van der Waals surface area contributed by atoms with Crippen LogP contribution in [0.25, 0.3) is 0 Å². The predicted molar refractivity (Wildman–Crippen MR) is 116 cm³/mol. The Morgan fingerprint density at radius 2 is 2.03 bits per heavy atom. The van der Waals surface area contributed by atoms with Gasteiger partial charge in [0.2, 0.25) is 11.8 Å². The number of tetrazole rings is 1. The van der Waals surface area contributed by atoms with E-state index >= 15 is 0 Å². The van der Waals surface area contributed by atoms with Crippen molar-refractivity contribution in [2.24, 2.45) is 5.73 Å². The van der Waals surface area contributed by atoms with Crippen molar-refractivity contribution >= 4 is 35.3 Å². The minimum Gasteiger partial charge on any atom is -0.340 e. The van der Waals surface area contributed by atoms with E-state index in [1.807, 2.05) is 38.1 Å². The number of H-pyrrole nitrogens is 1. The van der Waals surface area contributed by atoms with Crippen LogP contribution >= 0.6 is 23.5 Å². The lowest BCUT2D eigenvalue weighted by Gasteiger charge is -2.44. The zero-order valence-electron chi connectivity index (χ0n) is 17.2. The topological polar surface area (TPSA) is 130 Å². The molecule has 3 unspecified atom stereocenters. The van der Waals surface area contributed by atoms with Gasteiger partial charge < -0.3 is 16.0 Å². The fraction of sp³-hybridized carbons (Fsp3) is 0.526. The van der Waals surface area contributed by atoms with Crippen molar-refractivity contribution in [3.8, 4) is 0 Å². The van der Waals surface area contributed by atoms with E-state index in [4.69, 9.17) is 5.73 Å². The highest BCUT2D eigenvalue weighted by atomic mass is 32.2. The van der Waals surface area contributed by atoms with E-state index in [-0.39, 0.29) is 28.0 Å². The molecule has 0 radical (unpaired) electrons. The highest BCUT2D eigenvalue weighted by molar-refractivity contribution is 8.01. The Kier molecular flexibility index (Phi) is 5.54. The average Bonchev–Trinajstić information content (AvgIpc) is 3.29. The average molecular weight is 448 g/mol. The number of carbonyl (C=O) groups is 2. The molecule has 0 bridgehead atoms. The summed E-state index contributed by atoms with van der Waals surface area (Å²) in [5, 5.41) is 17.2. The van der Waals surface area contributed by atoms with E-state index in [9.17, 15) is 9.59 Å².